The third kappa shape index (κ3) is 4.77. The van der Waals surface area contributed by atoms with E-state index in [1.54, 1.807) is 28.6 Å². The molecule has 3 heterocycles. The fourth-order valence-corrected chi connectivity index (χ4v) is 5.96. The number of benzene rings is 2. The molecule has 0 atom stereocenters. The number of piperidine rings is 1. The summed E-state index contributed by atoms with van der Waals surface area (Å²) in [6, 6.07) is 14.5. The molecule has 2 aromatic carbocycles. The van der Waals surface area contributed by atoms with Crippen LogP contribution in [-0.4, -0.2) is 46.2 Å². The van der Waals surface area contributed by atoms with Crippen LogP contribution in [0.3, 0.4) is 0 Å². The van der Waals surface area contributed by atoms with Crippen LogP contribution >= 0.6 is 11.8 Å². The molecule has 1 aliphatic rings. The number of aryl methyl sites for hydroxylation is 1. The second kappa shape index (κ2) is 9.69. The van der Waals surface area contributed by atoms with Gasteiger partial charge in [-0.1, -0.05) is 53.7 Å². The topological polar surface area (TPSA) is 115 Å². The second-order valence-electron chi connectivity index (χ2n) is 7.98. The Hall–Kier alpha value is -3.02. The van der Waals surface area contributed by atoms with Gasteiger partial charge in [-0.25, -0.2) is 8.42 Å². The molecular formula is C23H23N5O4S2. The van der Waals surface area contributed by atoms with E-state index in [4.69, 9.17) is 8.94 Å². The summed E-state index contributed by atoms with van der Waals surface area (Å²) in [5, 5.41) is 12.5. The van der Waals surface area contributed by atoms with E-state index in [9.17, 15) is 8.42 Å². The van der Waals surface area contributed by atoms with Crippen molar-refractivity contribution in [2.75, 3.05) is 13.1 Å². The van der Waals surface area contributed by atoms with Crippen molar-refractivity contribution in [3.05, 3.63) is 60.0 Å². The molecule has 4 aromatic rings. The Morgan fingerprint density at radius 2 is 1.85 bits per heavy atom. The van der Waals surface area contributed by atoms with Gasteiger partial charge in [0.1, 0.15) is 0 Å². The van der Waals surface area contributed by atoms with Gasteiger partial charge in [0.15, 0.2) is 0 Å². The molecule has 0 N–H and O–H groups in total. The van der Waals surface area contributed by atoms with Gasteiger partial charge in [0, 0.05) is 24.2 Å². The standard InChI is InChI=1S/C23H23N5O4S2/c1-16-8-3-4-11-19(16)21-24-20(32-27-21)15-33-23-26-25-22(31-23)17-9-7-10-18(14-17)34(29,30)28-12-5-2-6-13-28/h3-4,7-11,14H,2,5-6,12-13,15H2,1H3. The Bertz CT molecular complexity index is 1390. The zero-order valence-corrected chi connectivity index (χ0v) is 20.2. The van der Waals surface area contributed by atoms with Crippen molar-refractivity contribution in [1.29, 1.82) is 0 Å². The summed E-state index contributed by atoms with van der Waals surface area (Å²) in [7, 11) is -3.55. The van der Waals surface area contributed by atoms with Crippen LogP contribution in [0.2, 0.25) is 0 Å². The van der Waals surface area contributed by atoms with Gasteiger partial charge in [0.25, 0.3) is 5.22 Å². The molecule has 1 saturated heterocycles. The summed E-state index contributed by atoms with van der Waals surface area (Å²) < 4.78 is 38.6. The van der Waals surface area contributed by atoms with Crippen LogP contribution in [0, 0.1) is 6.92 Å². The quantitative estimate of drug-likeness (QED) is 0.339. The van der Waals surface area contributed by atoms with Gasteiger partial charge >= 0.3 is 0 Å². The zero-order valence-electron chi connectivity index (χ0n) is 18.5. The van der Waals surface area contributed by atoms with E-state index in [2.05, 4.69) is 20.3 Å². The van der Waals surface area contributed by atoms with E-state index in [-0.39, 0.29) is 10.8 Å². The lowest BCUT2D eigenvalue weighted by molar-refractivity contribution is 0.346. The number of thioether (sulfide) groups is 1. The van der Waals surface area contributed by atoms with Crippen LogP contribution in [0.25, 0.3) is 22.8 Å². The van der Waals surface area contributed by atoms with Crippen molar-refractivity contribution in [3.63, 3.8) is 0 Å². The Morgan fingerprint density at radius 1 is 1.03 bits per heavy atom. The molecule has 0 saturated carbocycles. The summed E-state index contributed by atoms with van der Waals surface area (Å²) in [5.41, 5.74) is 2.53. The third-order valence-electron chi connectivity index (χ3n) is 5.61. The van der Waals surface area contributed by atoms with Crippen molar-refractivity contribution in [2.45, 2.75) is 42.1 Å². The summed E-state index contributed by atoms with van der Waals surface area (Å²) >= 11 is 1.27. The largest absolute Gasteiger partial charge is 0.411 e. The number of sulfonamides is 1. The minimum Gasteiger partial charge on any atom is -0.411 e. The van der Waals surface area contributed by atoms with Gasteiger partial charge in [-0.05, 0) is 43.5 Å². The summed E-state index contributed by atoms with van der Waals surface area (Å²) in [5.74, 6) is 1.60. The van der Waals surface area contributed by atoms with E-state index in [1.807, 2.05) is 31.2 Å². The highest BCUT2D eigenvalue weighted by molar-refractivity contribution is 7.98. The van der Waals surface area contributed by atoms with Crippen LogP contribution in [0.15, 0.2) is 67.6 Å². The Morgan fingerprint density at radius 3 is 2.68 bits per heavy atom. The van der Waals surface area contributed by atoms with Crippen LogP contribution in [0.4, 0.5) is 0 Å². The van der Waals surface area contributed by atoms with E-state index < -0.39 is 10.0 Å². The number of hydrogen-bond donors (Lipinski definition) is 0. The first-order chi connectivity index (χ1) is 16.5. The number of hydrogen-bond acceptors (Lipinski definition) is 9. The first-order valence-corrected chi connectivity index (χ1v) is 13.4. The van der Waals surface area contributed by atoms with E-state index in [0.29, 0.717) is 41.3 Å². The van der Waals surface area contributed by atoms with Gasteiger partial charge in [0.05, 0.1) is 10.6 Å². The van der Waals surface area contributed by atoms with Crippen molar-refractivity contribution >= 4 is 21.8 Å². The molecule has 0 unspecified atom stereocenters. The predicted octanol–water partition coefficient (Wildman–Crippen LogP) is 4.56. The predicted molar refractivity (Wildman–Crippen MR) is 126 cm³/mol. The highest BCUT2D eigenvalue weighted by Crippen LogP contribution is 2.29. The monoisotopic (exact) mass is 497 g/mol. The molecule has 0 spiro atoms. The van der Waals surface area contributed by atoms with Crippen molar-refractivity contribution in [1.82, 2.24) is 24.6 Å². The molecule has 34 heavy (non-hydrogen) atoms. The molecule has 5 rings (SSSR count). The number of nitrogens with zero attached hydrogens (tertiary/aromatic N) is 5. The molecule has 0 aliphatic carbocycles. The van der Waals surface area contributed by atoms with E-state index in [0.717, 1.165) is 30.4 Å². The van der Waals surface area contributed by atoms with Gasteiger partial charge < -0.3 is 8.94 Å². The Kier molecular flexibility index (Phi) is 6.48. The lowest BCUT2D eigenvalue weighted by atomic mass is 10.1. The first-order valence-electron chi connectivity index (χ1n) is 11.0. The van der Waals surface area contributed by atoms with Crippen LogP contribution in [0.5, 0.6) is 0 Å². The molecule has 0 amide bonds. The average Bonchev–Trinajstić information content (AvgIpc) is 3.54. The maximum absolute atomic E-state index is 13.0. The SMILES string of the molecule is Cc1ccccc1-c1noc(CSc2nnc(-c3cccc(S(=O)(=O)N4CCCCC4)c3)o2)n1. The normalized spacial score (nSPS) is 15.0. The van der Waals surface area contributed by atoms with Gasteiger partial charge in [-0.3, -0.25) is 0 Å². The van der Waals surface area contributed by atoms with E-state index >= 15 is 0 Å². The molecule has 0 radical (unpaired) electrons. The lowest BCUT2D eigenvalue weighted by Crippen LogP contribution is -2.35. The summed E-state index contributed by atoms with van der Waals surface area (Å²) in [4.78, 5) is 4.68. The molecule has 176 valence electrons. The van der Waals surface area contributed by atoms with Crippen LogP contribution in [0.1, 0.15) is 30.7 Å². The maximum atomic E-state index is 13.0. The molecule has 9 nitrogen and oxygen atoms in total. The van der Waals surface area contributed by atoms with Crippen molar-refractivity contribution in [3.8, 4) is 22.8 Å². The number of aromatic nitrogens is 4. The van der Waals surface area contributed by atoms with Crippen molar-refractivity contribution < 1.29 is 17.4 Å². The summed E-state index contributed by atoms with van der Waals surface area (Å²) in [6.45, 7) is 3.09. The molecule has 2 aromatic heterocycles. The zero-order chi connectivity index (χ0) is 23.5. The van der Waals surface area contributed by atoms with Crippen molar-refractivity contribution in [2.24, 2.45) is 0 Å². The Labute approximate surface area is 201 Å². The van der Waals surface area contributed by atoms with Crippen LogP contribution in [-0.2, 0) is 15.8 Å². The first kappa shape index (κ1) is 22.8. The minimum absolute atomic E-state index is 0.230. The molecule has 11 heteroatoms. The van der Waals surface area contributed by atoms with Gasteiger partial charge in [-0.15, -0.1) is 10.2 Å². The molecule has 1 aliphatic heterocycles. The minimum atomic E-state index is -3.55. The highest BCUT2D eigenvalue weighted by Gasteiger charge is 2.26. The molecule has 1 fully saturated rings. The fourth-order valence-electron chi connectivity index (χ4n) is 3.80. The summed E-state index contributed by atoms with van der Waals surface area (Å²) in [6.07, 6.45) is 2.83. The highest BCUT2D eigenvalue weighted by atomic mass is 32.2. The Balaban J connectivity index is 1.28. The molecule has 0 bridgehead atoms. The van der Waals surface area contributed by atoms with Crippen LogP contribution < -0.4 is 0 Å². The van der Waals surface area contributed by atoms with Gasteiger partial charge in [-0.2, -0.15) is 9.29 Å². The average molecular weight is 498 g/mol. The number of rotatable bonds is 7. The lowest BCUT2D eigenvalue weighted by Gasteiger charge is -2.25. The van der Waals surface area contributed by atoms with E-state index in [1.165, 1.54) is 11.8 Å². The van der Waals surface area contributed by atoms with Gasteiger partial charge in [0.2, 0.25) is 27.6 Å². The smallest absolute Gasteiger partial charge is 0.277 e. The maximum Gasteiger partial charge on any atom is 0.277 e. The third-order valence-corrected chi connectivity index (χ3v) is 8.31. The second-order valence-corrected chi connectivity index (χ2v) is 10.8. The molecular weight excluding hydrogens is 474 g/mol. The fraction of sp³-hybridized carbons (Fsp3) is 0.304.